The number of nitrogens with one attached hydrogen (secondary N) is 2. The van der Waals surface area contributed by atoms with Gasteiger partial charge in [-0.05, 0) is 66.5 Å². The van der Waals surface area contributed by atoms with E-state index in [9.17, 15) is 13.2 Å². The molecule has 8 nitrogen and oxygen atoms in total. The number of carbonyl (C=O) groups is 1. The topological polar surface area (TPSA) is 123 Å². The predicted octanol–water partition coefficient (Wildman–Crippen LogP) is 4.24. The van der Waals surface area contributed by atoms with Crippen LogP contribution in [0, 0.1) is 0 Å². The molecule has 2 aromatic rings. The van der Waals surface area contributed by atoms with E-state index in [0.717, 1.165) is 22.7 Å². The highest BCUT2D eigenvalue weighted by Gasteiger charge is 2.35. The number of carbonyl (C=O) groups excluding carboxylic acids is 1. The second-order valence-corrected chi connectivity index (χ2v) is 12.9. The van der Waals surface area contributed by atoms with Gasteiger partial charge in [0.05, 0.1) is 14.8 Å². The molecule has 0 bridgehead atoms. The van der Waals surface area contributed by atoms with Crippen LogP contribution in [-0.4, -0.2) is 36.7 Å². The summed E-state index contributed by atoms with van der Waals surface area (Å²) in [6.07, 6.45) is 2.83. The summed E-state index contributed by atoms with van der Waals surface area (Å²) in [7, 11) is -3.77. The molecule has 0 saturated heterocycles. The van der Waals surface area contributed by atoms with E-state index in [1.54, 1.807) is 39.1 Å². The Morgan fingerprint density at radius 1 is 1.19 bits per heavy atom. The van der Waals surface area contributed by atoms with Crippen LogP contribution in [0.15, 0.2) is 29.3 Å². The zero-order chi connectivity index (χ0) is 23.9. The molecule has 10 heteroatoms. The summed E-state index contributed by atoms with van der Waals surface area (Å²) < 4.78 is 34.0. The molecule has 32 heavy (non-hydrogen) atoms. The zero-order valence-electron chi connectivity index (χ0n) is 19.4. The molecule has 3 rings (SSSR count). The maximum absolute atomic E-state index is 13.0. The van der Waals surface area contributed by atoms with Gasteiger partial charge in [0.1, 0.15) is 5.60 Å². The highest BCUT2D eigenvalue weighted by atomic mass is 32.2. The Morgan fingerprint density at radius 2 is 1.84 bits per heavy atom. The van der Waals surface area contributed by atoms with Crippen molar-refractivity contribution in [1.29, 1.82) is 0 Å². The van der Waals surface area contributed by atoms with Crippen molar-refractivity contribution in [3.8, 4) is 10.4 Å². The second-order valence-electron chi connectivity index (χ2n) is 10.2. The molecule has 1 fully saturated rings. The molecule has 4 N–H and O–H groups in total. The largest absolute Gasteiger partial charge is 0.444 e. The summed E-state index contributed by atoms with van der Waals surface area (Å²) in [5.41, 5.74) is 5.69. The molecule has 0 radical (unpaired) electrons. The molecule has 0 aliphatic heterocycles. The SMILES string of the molecule is CC(C)(C)NS(=O)(=O)c1cc(N)ccc1-c1cnc(C2CC(NC(=O)OC(C)(C)C)C2)s1. The standard InChI is InChI=1S/C22H32N4O4S2/c1-21(2,3)26-32(28,29)18-11-14(23)7-8-16(18)17-12-24-19(31-17)13-9-15(10-13)25-20(27)30-22(4,5)6/h7-8,11-13,15,26H,9-10,23H2,1-6H3,(H,25,27). The average Bonchev–Trinajstić information content (AvgIpc) is 3.03. The van der Waals surface area contributed by atoms with Gasteiger partial charge in [-0.3, -0.25) is 0 Å². The van der Waals surface area contributed by atoms with Crippen LogP contribution in [0.2, 0.25) is 0 Å². The molecular formula is C22H32N4O4S2. The number of amides is 1. The Hall–Kier alpha value is -2.17. The van der Waals surface area contributed by atoms with Crippen molar-refractivity contribution < 1.29 is 17.9 Å². The Balaban J connectivity index is 1.74. The minimum absolute atomic E-state index is 0.0469. The number of nitrogens with zero attached hydrogens (tertiary/aromatic N) is 1. The molecule has 0 unspecified atom stereocenters. The van der Waals surface area contributed by atoms with Gasteiger partial charge in [0.15, 0.2) is 0 Å². The van der Waals surface area contributed by atoms with E-state index in [2.05, 4.69) is 15.0 Å². The highest BCUT2D eigenvalue weighted by Crippen LogP contribution is 2.42. The molecule has 1 aromatic heterocycles. The molecule has 0 atom stereocenters. The summed E-state index contributed by atoms with van der Waals surface area (Å²) in [4.78, 5) is 17.4. The van der Waals surface area contributed by atoms with Crippen LogP contribution in [0.3, 0.4) is 0 Å². The van der Waals surface area contributed by atoms with E-state index >= 15 is 0 Å². The molecule has 176 valence electrons. The van der Waals surface area contributed by atoms with Gasteiger partial charge in [0.25, 0.3) is 0 Å². The molecule has 1 aromatic carbocycles. The van der Waals surface area contributed by atoms with Crippen LogP contribution in [0.1, 0.15) is 65.3 Å². The molecule has 1 aliphatic rings. The number of hydrogen-bond acceptors (Lipinski definition) is 7. The molecule has 1 aliphatic carbocycles. The Bertz CT molecular complexity index is 1090. The van der Waals surface area contributed by atoms with E-state index in [1.807, 2.05) is 20.8 Å². The van der Waals surface area contributed by atoms with Crippen molar-refractivity contribution in [3.05, 3.63) is 29.4 Å². The third-order valence-corrected chi connectivity index (χ3v) is 7.72. The normalized spacial score (nSPS) is 19.3. The van der Waals surface area contributed by atoms with Gasteiger partial charge in [-0.15, -0.1) is 11.3 Å². The number of hydrogen-bond donors (Lipinski definition) is 3. The first-order chi connectivity index (χ1) is 14.6. The number of nitrogens with two attached hydrogens (primary N) is 1. The van der Waals surface area contributed by atoms with E-state index < -0.39 is 27.3 Å². The van der Waals surface area contributed by atoms with Crippen LogP contribution in [-0.2, 0) is 14.8 Å². The number of anilines is 1. The van der Waals surface area contributed by atoms with Gasteiger partial charge in [-0.2, -0.15) is 0 Å². The first-order valence-corrected chi connectivity index (χ1v) is 12.8. The number of nitrogen functional groups attached to an aromatic ring is 1. The van der Waals surface area contributed by atoms with E-state index in [-0.39, 0.29) is 16.9 Å². The lowest BCUT2D eigenvalue weighted by molar-refractivity contribution is 0.0471. The lowest BCUT2D eigenvalue weighted by atomic mass is 9.81. The first kappa shape index (κ1) is 24.5. The number of ether oxygens (including phenoxy) is 1. The number of aromatic nitrogens is 1. The number of rotatable bonds is 5. The van der Waals surface area contributed by atoms with Crippen molar-refractivity contribution in [2.45, 2.75) is 82.4 Å². The minimum atomic E-state index is -3.77. The van der Waals surface area contributed by atoms with Gasteiger partial charge in [0.2, 0.25) is 10.0 Å². The maximum Gasteiger partial charge on any atom is 0.407 e. The van der Waals surface area contributed by atoms with Crippen LogP contribution in [0.4, 0.5) is 10.5 Å². The molecule has 0 spiro atoms. The third kappa shape index (κ3) is 6.20. The number of alkyl carbamates (subject to hydrolysis) is 1. The summed E-state index contributed by atoms with van der Waals surface area (Å²) in [6.45, 7) is 10.9. The smallest absolute Gasteiger partial charge is 0.407 e. The average molecular weight is 481 g/mol. The van der Waals surface area contributed by atoms with E-state index in [1.165, 1.54) is 17.4 Å². The van der Waals surface area contributed by atoms with Crippen molar-refractivity contribution in [3.63, 3.8) is 0 Å². The molecule has 1 heterocycles. The van der Waals surface area contributed by atoms with Gasteiger partial charge in [-0.1, -0.05) is 6.07 Å². The molecule has 1 amide bonds. The van der Waals surface area contributed by atoms with Crippen LogP contribution in [0.5, 0.6) is 0 Å². The van der Waals surface area contributed by atoms with E-state index in [4.69, 9.17) is 10.5 Å². The fraction of sp³-hybridized carbons (Fsp3) is 0.545. The van der Waals surface area contributed by atoms with Gasteiger partial charge >= 0.3 is 6.09 Å². The maximum atomic E-state index is 13.0. The Labute approximate surface area is 194 Å². The van der Waals surface area contributed by atoms with Crippen molar-refractivity contribution in [2.75, 3.05) is 5.73 Å². The first-order valence-electron chi connectivity index (χ1n) is 10.5. The molecular weight excluding hydrogens is 448 g/mol. The Kier molecular flexibility index (Phi) is 6.61. The number of benzene rings is 1. The van der Waals surface area contributed by atoms with E-state index in [0.29, 0.717) is 11.3 Å². The minimum Gasteiger partial charge on any atom is -0.444 e. The Morgan fingerprint density at radius 3 is 2.44 bits per heavy atom. The summed E-state index contributed by atoms with van der Waals surface area (Å²) in [5, 5.41) is 3.80. The summed E-state index contributed by atoms with van der Waals surface area (Å²) >= 11 is 1.47. The van der Waals surface area contributed by atoms with Gasteiger partial charge < -0.3 is 15.8 Å². The zero-order valence-corrected chi connectivity index (χ0v) is 21.0. The van der Waals surface area contributed by atoms with Crippen LogP contribution < -0.4 is 15.8 Å². The lowest BCUT2D eigenvalue weighted by Gasteiger charge is -2.35. The van der Waals surface area contributed by atoms with Crippen molar-refractivity contribution >= 4 is 33.1 Å². The van der Waals surface area contributed by atoms with Gasteiger partial charge in [-0.25, -0.2) is 22.9 Å². The van der Waals surface area contributed by atoms with Crippen LogP contribution in [0.25, 0.3) is 10.4 Å². The lowest BCUT2D eigenvalue weighted by Crippen LogP contribution is -2.45. The summed E-state index contributed by atoms with van der Waals surface area (Å²) in [5.74, 6) is 0.218. The fourth-order valence-electron chi connectivity index (χ4n) is 3.44. The monoisotopic (exact) mass is 480 g/mol. The van der Waals surface area contributed by atoms with Crippen LogP contribution >= 0.6 is 11.3 Å². The predicted molar refractivity (Wildman–Crippen MR) is 127 cm³/mol. The van der Waals surface area contributed by atoms with Crippen molar-refractivity contribution in [1.82, 2.24) is 15.0 Å². The number of thiazole rings is 1. The molecule has 1 saturated carbocycles. The number of sulfonamides is 1. The van der Waals surface area contributed by atoms with Gasteiger partial charge in [0, 0.05) is 34.9 Å². The quantitative estimate of drug-likeness (QED) is 0.550. The fourth-order valence-corrected chi connectivity index (χ4v) is 6.26. The summed E-state index contributed by atoms with van der Waals surface area (Å²) in [6, 6.07) is 4.94. The third-order valence-electron chi connectivity index (χ3n) is 4.73. The highest BCUT2D eigenvalue weighted by molar-refractivity contribution is 7.89. The second kappa shape index (κ2) is 8.64. The van der Waals surface area contributed by atoms with Crippen molar-refractivity contribution in [2.24, 2.45) is 0 Å².